The molecule has 31 heavy (non-hydrogen) atoms. The van der Waals surface area contributed by atoms with E-state index in [0.717, 1.165) is 30.4 Å². The van der Waals surface area contributed by atoms with Crippen LogP contribution in [0.15, 0.2) is 34.8 Å². The van der Waals surface area contributed by atoms with Gasteiger partial charge in [-0.1, -0.05) is 40.2 Å². The Morgan fingerprint density at radius 2 is 1.61 bits per heavy atom. The number of nitrogens with zero attached hydrogens (tertiary/aromatic N) is 3. The topological polar surface area (TPSA) is 53.1 Å². The fourth-order valence-electron chi connectivity index (χ4n) is 3.87. The average molecular weight is 492 g/mol. The van der Waals surface area contributed by atoms with E-state index in [1.807, 2.05) is 37.8 Å². The maximum atomic E-state index is 12.7. The van der Waals surface area contributed by atoms with Crippen molar-refractivity contribution in [1.82, 2.24) is 14.7 Å². The summed E-state index contributed by atoms with van der Waals surface area (Å²) in [4.78, 5) is 30.8. The van der Waals surface area contributed by atoms with Crippen molar-refractivity contribution in [1.29, 1.82) is 0 Å². The maximum Gasteiger partial charge on any atom is 0.410 e. The van der Waals surface area contributed by atoms with Gasteiger partial charge in [-0.25, -0.2) is 4.79 Å². The molecule has 0 aromatic heterocycles. The number of hydrogen-bond donors (Lipinski definition) is 0. The minimum atomic E-state index is -0.482. The molecule has 1 aromatic rings. The molecule has 1 aromatic carbocycles. The second-order valence-electron chi connectivity index (χ2n) is 9.37. The molecule has 2 heterocycles. The summed E-state index contributed by atoms with van der Waals surface area (Å²) < 4.78 is 6.52. The van der Waals surface area contributed by atoms with Gasteiger partial charge in [-0.2, -0.15) is 0 Å². The minimum Gasteiger partial charge on any atom is -0.444 e. The first-order valence-corrected chi connectivity index (χ1v) is 11.9. The van der Waals surface area contributed by atoms with E-state index in [-0.39, 0.29) is 12.0 Å². The van der Waals surface area contributed by atoms with Crippen LogP contribution < -0.4 is 0 Å². The van der Waals surface area contributed by atoms with Gasteiger partial charge in [-0.15, -0.1) is 0 Å². The van der Waals surface area contributed by atoms with Crippen LogP contribution in [0.3, 0.4) is 0 Å². The quantitative estimate of drug-likeness (QED) is 0.631. The number of piperidine rings is 1. The molecule has 0 bridgehead atoms. The lowest BCUT2D eigenvalue weighted by molar-refractivity contribution is -0.134. The number of likely N-dealkylation sites (tertiary alicyclic amines) is 1. The molecule has 0 spiro atoms. The van der Waals surface area contributed by atoms with Crippen LogP contribution in [0, 0.1) is 5.92 Å². The van der Waals surface area contributed by atoms with Crippen LogP contribution in [0.5, 0.6) is 0 Å². The van der Waals surface area contributed by atoms with Gasteiger partial charge < -0.3 is 14.5 Å². The van der Waals surface area contributed by atoms with Gasteiger partial charge in [0.15, 0.2) is 0 Å². The van der Waals surface area contributed by atoms with Gasteiger partial charge in [0.1, 0.15) is 5.60 Å². The molecule has 2 aliphatic heterocycles. The highest BCUT2D eigenvalue weighted by Gasteiger charge is 2.28. The average Bonchev–Trinajstić information content (AvgIpc) is 2.73. The molecule has 2 aliphatic rings. The van der Waals surface area contributed by atoms with Crippen molar-refractivity contribution in [3.63, 3.8) is 0 Å². The summed E-state index contributed by atoms with van der Waals surface area (Å²) >= 11 is 3.46. The Hall–Kier alpha value is -1.86. The van der Waals surface area contributed by atoms with E-state index >= 15 is 0 Å². The third kappa shape index (κ3) is 7.65. The largest absolute Gasteiger partial charge is 0.444 e. The highest BCUT2D eigenvalue weighted by molar-refractivity contribution is 9.10. The number of allylic oxidation sites excluding steroid dienone is 1. The van der Waals surface area contributed by atoms with Gasteiger partial charge in [0.25, 0.3) is 0 Å². The molecular formula is C24H34BrN3O3. The zero-order valence-corrected chi connectivity index (χ0v) is 20.4. The molecule has 0 aliphatic carbocycles. The molecule has 2 fully saturated rings. The molecule has 2 saturated heterocycles. The van der Waals surface area contributed by atoms with Crippen molar-refractivity contribution in [2.45, 2.75) is 39.2 Å². The van der Waals surface area contributed by atoms with E-state index in [0.29, 0.717) is 38.6 Å². The number of carbonyl (C=O) groups excluding carboxylic acids is 2. The van der Waals surface area contributed by atoms with Crippen LogP contribution in [0.2, 0.25) is 0 Å². The predicted octanol–water partition coefficient (Wildman–Crippen LogP) is 4.25. The number of carbonyl (C=O) groups is 2. The predicted molar refractivity (Wildman–Crippen MR) is 127 cm³/mol. The summed E-state index contributed by atoms with van der Waals surface area (Å²) in [6, 6.07) is 8.30. The van der Waals surface area contributed by atoms with E-state index < -0.39 is 5.60 Å². The summed E-state index contributed by atoms with van der Waals surface area (Å²) in [5.74, 6) is 0.714. The molecule has 0 atom stereocenters. The second kappa shape index (κ2) is 10.6. The molecule has 2 amide bonds. The molecule has 0 radical (unpaired) electrons. The molecule has 0 unspecified atom stereocenters. The van der Waals surface area contributed by atoms with Gasteiger partial charge in [0.2, 0.25) is 5.91 Å². The maximum absolute atomic E-state index is 12.7. The van der Waals surface area contributed by atoms with Crippen molar-refractivity contribution in [2.75, 3.05) is 45.8 Å². The Bertz CT molecular complexity index is 772. The van der Waals surface area contributed by atoms with Gasteiger partial charge in [-0.05, 0) is 57.2 Å². The molecule has 6 nitrogen and oxygen atoms in total. The Morgan fingerprint density at radius 1 is 1.00 bits per heavy atom. The molecule has 3 rings (SSSR count). The first-order chi connectivity index (χ1) is 14.7. The third-order valence-electron chi connectivity index (χ3n) is 5.71. The lowest BCUT2D eigenvalue weighted by atomic mass is 9.95. The van der Waals surface area contributed by atoms with Crippen LogP contribution in [0.4, 0.5) is 4.79 Å². The van der Waals surface area contributed by atoms with Gasteiger partial charge in [0, 0.05) is 43.7 Å². The van der Waals surface area contributed by atoms with Crippen molar-refractivity contribution in [2.24, 2.45) is 5.92 Å². The van der Waals surface area contributed by atoms with Crippen molar-refractivity contribution >= 4 is 34.0 Å². The van der Waals surface area contributed by atoms with Crippen LogP contribution in [0.25, 0.3) is 6.08 Å². The Morgan fingerprint density at radius 3 is 2.19 bits per heavy atom. The number of halogens is 1. The van der Waals surface area contributed by atoms with Crippen LogP contribution in [0.1, 0.15) is 39.2 Å². The van der Waals surface area contributed by atoms with E-state index in [9.17, 15) is 9.59 Å². The highest BCUT2D eigenvalue weighted by Crippen LogP contribution is 2.21. The Balaban J connectivity index is 1.37. The number of ether oxygens (including phenoxy) is 1. The number of hydrogen-bond acceptors (Lipinski definition) is 4. The number of piperazine rings is 1. The van der Waals surface area contributed by atoms with E-state index in [1.165, 1.54) is 5.56 Å². The summed E-state index contributed by atoms with van der Waals surface area (Å²) in [6.45, 7) is 10.3. The molecule has 0 N–H and O–H groups in total. The Labute approximate surface area is 194 Å². The number of benzene rings is 1. The standard InChI is InChI=1S/C24H34BrN3O3/c1-24(2,3)31-23(30)28-16-14-26(15-17-28)18-22(29)27-12-10-20(11-13-27)5-4-19-6-8-21(25)9-7-19/h4-9,20H,10-18H2,1-3H3. The van der Waals surface area contributed by atoms with Crippen LogP contribution in [-0.2, 0) is 9.53 Å². The first kappa shape index (κ1) is 23.8. The minimum absolute atomic E-state index is 0.195. The van der Waals surface area contributed by atoms with Crippen LogP contribution in [-0.4, -0.2) is 78.1 Å². The molecular weight excluding hydrogens is 458 g/mol. The third-order valence-corrected chi connectivity index (χ3v) is 6.23. The highest BCUT2D eigenvalue weighted by atomic mass is 79.9. The van der Waals surface area contributed by atoms with Gasteiger partial charge in [-0.3, -0.25) is 9.69 Å². The molecule has 170 valence electrons. The zero-order chi connectivity index (χ0) is 22.4. The molecule has 7 heteroatoms. The first-order valence-electron chi connectivity index (χ1n) is 11.1. The second-order valence-corrected chi connectivity index (χ2v) is 10.3. The summed E-state index contributed by atoms with van der Waals surface area (Å²) in [5.41, 5.74) is 0.719. The summed E-state index contributed by atoms with van der Waals surface area (Å²) in [6.07, 6.45) is 6.20. The smallest absolute Gasteiger partial charge is 0.410 e. The summed E-state index contributed by atoms with van der Waals surface area (Å²) in [7, 11) is 0. The van der Waals surface area contributed by atoms with Crippen molar-refractivity contribution in [3.05, 3.63) is 40.4 Å². The number of rotatable bonds is 4. The summed E-state index contributed by atoms with van der Waals surface area (Å²) in [5, 5.41) is 0. The van der Waals surface area contributed by atoms with Crippen LogP contribution >= 0.6 is 15.9 Å². The van der Waals surface area contributed by atoms with E-state index in [4.69, 9.17) is 4.74 Å². The van der Waals surface area contributed by atoms with E-state index in [1.54, 1.807) is 4.90 Å². The fraction of sp³-hybridized carbons (Fsp3) is 0.583. The lowest BCUT2D eigenvalue weighted by Crippen LogP contribution is -2.53. The van der Waals surface area contributed by atoms with Crippen molar-refractivity contribution < 1.29 is 14.3 Å². The SMILES string of the molecule is CC(C)(C)OC(=O)N1CCN(CC(=O)N2CCC(C=Cc3ccc(Br)cc3)CC2)CC1. The van der Waals surface area contributed by atoms with Gasteiger partial charge in [0.05, 0.1) is 6.54 Å². The fourth-order valence-corrected chi connectivity index (χ4v) is 4.13. The van der Waals surface area contributed by atoms with Crippen molar-refractivity contribution in [3.8, 4) is 0 Å². The Kier molecular flexibility index (Phi) is 8.17. The zero-order valence-electron chi connectivity index (χ0n) is 18.8. The van der Waals surface area contributed by atoms with Gasteiger partial charge >= 0.3 is 6.09 Å². The lowest BCUT2D eigenvalue weighted by Gasteiger charge is -2.37. The monoisotopic (exact) mass is 491 g/mol. The molecule has 0 saturated carbocycles. The number of amides is 2. The normalized spacial score (nSPS) is 19.1. The van der Waals surface area contributed by atoms with E-state index in [2.05, 4.69) is 45.1 Å².